The zero-order valence-corrected chi connectivity index (χ0v) is 9.94. The van der Waals surface area contributed by atoms with Gasteiger partial charge in [-0.3, -0.25) is 4.79 Å². The number of anilines is 1. The summed E-state index contributed by atoms with van der Waals surface area (Å²) in [6.45, 7) is 0. The van der Waals surface area contributed by atoms with E-state index in [-0.39, 0.29) is 0 Å². The first-order valence-electron chi connectivity index (χ1n) is 5.65. The fourth-order valence-electron chi connectivity index (χ4n) is 1.52. The molecule has 0 saturated heterocycles. The van der Waals surface area contributed by atoms with E-state index >= 15 is 0 Å². The van der Waals surface area contributed by atoms with Crippen molar-refractivity contribution in [1.82, 2.24) is 0 Å². The predicted octanol–water partition coefficient (Wildman–Crippen LogP) is 3.62. The lowest BCUT2D eigenvalue weighted by atomic mass is 10.2. The molecule has 0 aromatic heterocycles. The van der Waals surface area contributed by atoms with Gasteiger partial charge in [0.2, 0.25) is 5.91 Å². The second-order valence-corrected chi connectivity index (χ2v) is 3.83. The minimum Gasteiger partial charge on any atom is -0.318 e. The van der Waals surface area contributed by atoms with Crippen molar-refractivity contribution < 1.29 is 13.6 Å². The molecule has 19 heavy (non-hydrogen) atoms. The second kappa shape index (κ2) is 5.91. The second-order valence-electron chi connectivity index (χ2n) is 3.83. The van der Waals surface area contributed by atoms with E-state index in [1.807, 2.05) is 30.3 Å². The van der Waals surface area contributed by atoms with Gasteiger partial charge >= 0.3 is 0 Å². The zero-order valence-electron chi connectivity index (χ0n) is 9.94. The Morgan fingerprint density at radius 1 is 0.947 bits per heavy atom. The topological polar surface area (TPSA) is 29.1 Å². The van der Waals surface area contributed by atoms with Gasteiger partial charge in [0.25, 0.3) is 0 Å². The Balaban J connectivity index is 2.08. The molecule has 2 nitrogen and oxygen atoms in total. The molecular weight excluding hydrogens is 248 g/mol. The molecule has 2 rings (SSSR count). The molecule has 0 aliphatic carbocycles. The van der Waals surface area contributed by atoms with Crippen molar-refractivity contribution >= 4 is 17.7 Å². The van der Waals surface area contributed by atoms with Crippen molar-refractivity contribution in [2.75, 3.05) is 5.32 Å². The molecule has 0 unspecified atom stereocenters. The first-order valence-corrected chi connectivity index (χ1v) is 5.65. The number of hydrogen-bond donors (Lipinski definition) is 1. The number of hydrogen-bond acceptors (Lipinski definition) is 1. The van der Waals surface area contributed by atoms with E-state index < -0.39 is 23.2 Å². The van der Waals surface area contributed by atoms with Crippen LogP contribution in [-0.4, -0.2) is 5.91 Å². The van der Waals surface area contributed by atoms with Crippen LogP contribution in [0, 0.1) is 11.6 Å². The number of para-hydroxylation sites is 1. The molecule has 0 saturated carbocycles. The van der Waals surface area contributed by atoms with Crippen LogP contribution in [-0.2, 0) is 4.79 Å². The number of rotatable bonds is 3. The van der Waals surface area contributed by atoms with Gasteiger partial charge in [-0.2, -0.15) is 0 Å². The van der Waals surface area contributed by atoms with E-state index in [1.54, 1.807) is 6.08 Å². The third-order valence-electron chi connectivity index (χ3n) is 2.44. The lowest BCUT2D eigenvalue weighted by molar-refractivity contribution is -0.111. The predicted molar refractivity (Wildman–Crippen MR) is 70.5 cm³/mol. The molecule has 0 radical (unpaired) electrons. The van der Waals surface area contributed by atoms with Gasteiger partial charge in [-0.05, 0) is 23.8 Å². The van der Waals surface area contributed by atoms with Gasteiger partial charge in [-0.25, -0.2) is 8.78 Å². The van der Waals surface area contributed by atoms with Gasteiger partial charge in [-0.1, -0.05) is 36.4 Å². The van der Waals surface area contributed by atoms with Crippen LogP contribution >= 0.6 is 0 Å². The van der Waals surface area contributed by atoms with Crippen LogP contribution in [0.25, 0.3) is 6.08 Å². The van der Waals surface area contributed by atoms with Crippen LogP contribution in [0.1, 0.15) is 5.56 Å². The normalized spacial score (nSPS) is 10.6. The maximum Gasteiger partial charge on any atom is 0.248 e. The number of amides is 1. The van der Waals surface area contributed by atoms with E-state index in [2.05, 4.69) is 5.32 Å². The van der Waals surface area contributed by atoms with Crippen LogP contribution in [0.2, 0.25) is 0 Å². The van der Waals surface area contributed by atoms with E-state index in [1.165, 1.54) is 12.1 Å². The maximum absolute atomic E-state index is 13.3. The highest BCUT2D eigenvalue weighted by atomic mass is 19.1. The van der Waals surface area contributed by atoms with Gasteiger partial charge in [0.05, 0.1) is 0 Å². The number of carbonyl (C=O) groups is 1. The summed E-state index contributed by atoms with van der Waals surface area (Å²) >= 11 is 0. The maximum atomic E-state index is 13.3. The smallest absolute Gasteiger partial charge is 0.248 e. The van der Waals surface area contributed by atoms with E-state index in [4.69, 9.17) is 0 Å². The molecule has 0 spiro atoms. The summed E-state index contributed by atoms with van der Waals surface area (Å²) < 4.78 is 26.6. The number of carbonyl (C=O) groups excluding carboxylic acids is 1. The van der Waals surface area contributed by atoms with Gasteiger partial charge in [0, 0.05) is 6.08 Å². The lowest BCUT2D eigenvalue weighted by Crippen LogP contribution is -2.10. The lowest BCUT2D eigenvalue weighted by Gasteiger charge is -2.04. The third kappa shape index (κ3) is 3.48. The van der Waals surface area contributed by atoms with Gasteiger partial charge < -0.3 is 5.32 Å². The molecule has 0 atom stereocenters. The Morgan fingerprint density at radius 2 is 1.58 bits per heavy atom. The van der Waals surface area contributed by atoms with Crippen LogP contribution in [0.15, 0.2) is 54.6 Å². The van der Waals surface area contributed by atoms with E-state index in [0.29, 0.717) is 0 Å². The molecule has 0 bridgehead atoms. The summed E-state index contributed by atoms with van der Waals surface area (Å²) in [5, 5.41) is 2.17. The molecule has 0 aliphatic heterocycles. The highest BCUT2D eigenvalue weighted by Gasteiger charge is 2.09. The van der Waals surface area contributed by atoms with Crippen molar-refractivity contribution in [2.45, 2.75) is 0 Å². The number of halogens is 2. The fraction of sp³-hybridized carbons (Fsp3) is 0. The summed E-state index contributed by atoms with van der Waals surface area (Å²) in [4.78, 5) is 11.6. The molecule has 2 aromatic rings. The summed E-state index contributed by atoms with van der Waals surface area (Å²) in [5.41, 5.74) is 0.386. The Morgan fingerprint density at radius 3 is 2.21 bits per heavy atom. The molecule has 4 heteroatoms. The number of nitrogens with one attached hydrogen (secondary N) is 1. The van der Waals surface area contributed by atoms with Gasteiger partial charge in [0.1, 0.15) is 17.3 Å². The summed E-state index contributed by atoms with van der Waals surface area (Å²) in [6, 6.07) is 12.5. The van der Waals surface area contributed by atoms with Crippen molar-refractivity contribution in [3.05, 3.63) is 71.8 Å². The van der Waals surface area contributed by atoms with Crippen molar-refractivity contribution in [2.24, 2.45) is 0 Å². The SMILES string of the molecule is O=C(C=Cc1ccccc1)Nc1c(F)cccc1F. The van der Waals surface area contributed by atoms with Crippen molar-refractivity contribution in [1.29, 1.82) is 0 Å². The minimum atomic E-state index is -0.804. The number of benzene rings is 2. The molecule has 96 valence electrons. The summed E-state index contributed by atoms with van der Waals surface area (Å²) in [6.07, 6.45) is 2.79. The Labute approximate surface area is 109 Å². The summed E-state index contributed by atoms with van der Waals surface area (Å²) in [5.74, 6) is -2.20. The molecule has 1 N–H and O–H groups in total. The molecule has 0 aliphatic rings. The molecule has 0 fully saturated rings. The van der Waals surface area contributed by atoms with E-state index in [0.717, 1.165) is 17.7 Å². The minimum absolute atomic E-state index is 0.440. The Hall–Kier alpha value is -2.49. The summed E-state index contributed by atoms with van der Waals surface area (Å²) in [7, 11) is 0. The van der Waals surface area contributed by atoms with Gasteiger partial charge in [-0.15, -0.1) is 0 Å². The molecule has 0 heterocycles. The molecule has 1 amide bonds. The van der Waals surface area contributed by atoms with E-state index in [9.17, 15) is 13.6 Å². The first kappa shape index (κ1) is 13.0. The van der Waals surface area contributed by atoms with Crippen LogP contribution in [0.3, 0.4) is 0 Å². The van der Waals surface area contributed by atoms with Crippen molar-refractivity contribution in [3.63, 3.8) is 0 Å². The zero-order chi connectivity index (χ0) is 13.7. The average molecular weight is 259 g/mol. The highest BCUT2D eigenvalue weighted by Crippen LogP contribution is 2.17. The monoisotopic (exact) mass is 259 g/mol. The first-order chi connectivity index (χ1) is 9.16. The van der Waals surface area contributed by atoms with Crippen LogP contribution in [0.5, 0.6) is 0 Å². The van der Waals surface area contributed by atoms with Gasteiger partial charge in [0.15, 0.2) is 0 Å². The molecular formula is C15H11F2NO. The third-order valence-corrected chi connectivity index (χ3v) is 2.44. The average Bonchev–Trinajstić information content (AvgIpc) is 2.42. The Kier molecular flexibility index (Phi) is 4.03. The quantitative estimate of drug-likeness (QED) is 0.838. The fourth-order valence-corrected chi connectivity index (χ4v) is 1.52. The van der Waals surface area contributed by atoms with Crippen LogP contribution < -0.4 is 5.32 Å². The largest absolute Gasteiger partial charge is 0.318 e. The van der Waals surface area contributed by atoms with Crippen LogP contribution in [0.4, 0.5) is 14.5 Å². The highest BCUT2D eigenvalue weighted by molar-refractivity contribution is 6.02. The standard InChI is InChI=1S/C15H11F2NO/c16-12-7-4-8-13(17)15(12)18-14(19)10-9-11-5-2-1-3-6-11/h1-10H,(H,18,19). The molecule has 2 aromatic carbocycles. The van der Waals surface area contributed by atoms with Crippen molar-refractivity contribution in [3.8, 4) is 0 Å². The Bertz CT molecular complexity index is 589.